The Labute approximate surface area is 160 Å². The van der Waals surface area contributed by atoms with Gasteiger partial charge in [-0.05, 0) is 6.92 Å². The summed E-state index contributed by atoms with van der Waals surface area (Å²) >= 11 is 7.81. The van der Waals surface area contributed by atoms with Gasteiger partial charge in [0, 0.05) is 11.5 Å². The number of nitrogens with one attached hydrogen (secondary N) is 3. The maximum Gasteiger partial charge on any atom is 0.326 e. The number of carboxylic acids is 2. The Kier molecular flexibility index (Phi) is 10.7. The molecular weight excluding hydrogens is 388 g/mol. The van der Waals surface area contributed by atoms with Gasteiger partial charge in [0.2, 0.25) is 17.7 Å². The molecule has 0 aliphatic heterocycles. The minimum Gasteiger partial charge on any atom is -0.481 e. The number of carbonyl (C=O) groups is 5. The summed E-state index contributed by atoms with van der Waals surface area (Å²) in [4.78, 5) is 57.3. The molecule has 148 valence electrons. The minimum atomic E-state index is -1.65. The minimum absolute atomic E-state index is 0.0612. The lowest BCUT2D eigenvalue weighted by molar-refractivity contribution is -0.147. The molecule has 0 bridgehead atoms. The Bertz CT molecular complexity index is 561. The Morgan fingerprint density at radius 2 is 1.42 bits per heavy atom. The van der Waals surface area contributed by atoms with Gasteiger partial charge in [0.15, 0.2) is 0 Å². The van der Waals surface area contributed by atoms with E-state index in [4.69, 9.17) is 15.9 Å². The van der Waals surface area contributed by atoms with Gasteiger partial charge in [-0.1, -0.05) is 0 Å². The first-order chi connectivity index (χ1) is 12.0. The first-order valence-electron chi connectivity index (χ1n) is 7.36. The molecule has 0 aliphatic carbocycles. The Hall–Kier alpha value is -1.99. The highest BCUT2D eigenvalue weighted by molar-refractivity contribution is 7.80. The second-order valence-electron chi connectivity index (χ2n) is 5.26. The summed E-state index contributed by atoms with van der Waals surface area (Å²) in [7, 11) is 0. The van der Waals surface area contributed by atoms with E-state index in [2.05, 4.69) is 35.9 Å². The molecule has 0 aromatic carbocycles. The largest absolute Gasteiger partial charge is 0.481 e. The fourth-order valence-corrected chi connectivity index (χ4v) is 2.03. The van der Waals surface area contributed by atoms with E-state index in [1.54, 1.807) is 0 Å². The van der Waals surface area contributed by atoms with Crippen molar-refractivity contribution in [2.24, 2.45) is 5.73 Å². The van der Waals surface area contributed by atoms with Crippen molar-refractivity contribution in [3.8, 4) is 0 Å². The molecular formula is C13H22N4O7S2. The number of hydrogen-bond donors (Lipinski definition) is 8. The Morgan fingerprint density at radius 1 is 0.885 bits per heavy atom. The van der Waals surface area contributed by atoms with Crippen molar-refractivity contribution in [2.75, 3.05) is 11.5 Å². The van der Waals surface area contributed by atoms with Crippen molar-refractivity contribution in [1.29, 1.82) is 0 Å². The molecule has 0 heterocycles. The Morgan fingerprint density at radius 3 is 1.85 bits per heavy atom. The topological polar surface area (TPSA) is 188 Å². The number of rotatable bonds is 11. The molecule has 0 rings (SSSR count). The van der Waals surface area contributed by atoms with Crippen molar-refractivity contribution in [3.63, 3.8) is 0 Å². The zero-order valence-corrected chi connectivity index (χ0v) is 15.6. The fourth-order valence-electron chi connectivity index (χ4n) is 1.61. The van der Waals surface area contributed by atoms with Gasteiger partial charge in [0.25, 0.3) is 0 Å². The molecule has 11 nitrogen and oxygen atoms in total. The van der Waals surface area contributed by atoms with Crippen LogP contribution in [0.2, 0.25) is 0 Å². The van der Waals surface area contributed by atoms with Crippen LogP contribution in [0, 0.1) is 0 Å². The van der Waals surface area contributed by atoms with Crippen LogP contribution in [-0.4, -0.2) is 75.5 Å². The summed E-state index contributed by atoms with van der Waals surface area (Å²) < 4.78 is 0. The maximum absolute atomic E-state index is 12.1. The zero-order chi connectivity index (χ0) is 20.4. The van der Waals surface area contributed by atoms with E-state index in [1.165, 1.54) is 6.92 Å². The molecule has 7 N–H and O–H groups in total. The van der Waals surface area contributed by atoms with Crippen LogP contribution >= 0.6 is 25.3 Å². The van der Waals surface area contributed by atoms with Gasteiger partial charge in [0.1, 0.15) is 18.1 Å². The average molecular weight is 410 g/mol. The molecule has 26 heavy (non-hydrogen) atoms. The number of amides is 3. The van der Waals surface area contributed by atoms with Crippen molar-refractivity contribution < 1.29 is 34.2 Å². The van der Waals surface area contributed by atoms with E-state index in [1.807, 2.05) is 5.32 Å². The number of carbonyl (C=O) groups excluding carboxylic acids is 3. The van der Waals surface area contributed by atoms with Crippen LogP contribution in [0.1, 0.15) is 13.3 Å². The fraction of sp³-hybridized carbons (Fsp3) is 0.615. The smallest absolute Gasteiger partial charge is 0.326 e. The van der Waals surface area contributed by atoms with Crippen LogP contribution in [0.4, 0.5) is 0 Å². The summed E-state index contributed by atoms with van der Waals surface area (Å²) in [5.41, 5.74) is 5.48. The number of aliphatic carboxylic acids is 2. The van der Waals surface area contributed by atoms with Crippen molar-refractivity contribution in [2.45, 2.75) is 37.5 Å². The van der Waals surface area contributed by atoms with E-state index in [0.717, 1.165) is 0 Å². The molecule has 0 saturated carbocycles. The molecule has 4 unspecified atom stereocenters. The Balaban J connectivity index is 4.79. The number of carboxylic acid groups (broad SMARTS) is 2. The van der Waals surface area contributed by atoms with E-state index in [9.17, 15) is 24.0 Å². The van der Waals surface area contributed by atoms with Crippen LogP contribution in [0.25, 0.3) is 0 Å². The summed E-state index contributed by atoms with van der Waals surface area (Å²) in [6.07, 6.45) is -0.821. The summed E-state index contributed by atoms with van der Waals surface area (Å²) in [5.74, 6) is -5.23. The first-order valence-corrected chi connectivity index (χ1v) is 8.62. The normalized spacial score (nSPS) is 15.1. The molecule has 4 atom stereocenters. The molecule has 0 spiro atoms. The van der Waals surface area contributed by atoms with Crippen LogP contribution < -0.4 is 21.7 Å². The van der Waals surface area contributed by atoms with Crippen molar-refractivity contribution >= 4 is 54.9 Å². The molecule has 0 saturated heterocycles. The number of nitrogens with two attached hydrogens (primary N) is 1. The molecule has 0 radical (unpaired) electrons. The van der Waals surface area contributed by atoms with Crippen LogP contribution in [-0.2, 0) is 24.0 Å². The van der Waals surface area contributed by atoms with Gasteiger partial charge < -0.3 is 31.9 Å². The highest BCUT2D eigenvalue weighted by Gasteiger charge is 2.28. The highest BCUT2D eigenvalue weighted by atomic mass is 32.1. The van der Waals surface area contributed by atoms with Crippen molar-refractivity contribution in [1.82, 2.24) is 16.0 Å². The third kappa shape index (κ3) is 8.40. The predicted molar refractivity (Wildman–Crippen MR) is 97.0 cm³/mol. The summed E-state index contributed by atoms with van der Waals surface area (Å²) in [6.45, 7) is 1.27. The lowest BCUT2D eigenvalue weighted by Crippen LogP contribution is -2.57. The lowest BCUT2D eigenvalue weighted by atomic mass is 10.2. The van der Waals surface area contributed by atoms with Gasteiger partial charge in [-0.25, -0.2) is 4.79 Å². The van der Waals surface area contributed by atoms with Gasteiger partial charge >= 0.3 is 11.9 Å². The number of hydrogen-bond acceptors (Lipinski definition) is 8. The predicted octanol–water partition coefficient (Wildman–Crippen LogP) is -2.79. The van der Waals surface area contributed by atoms with Crippen molar-refractivity contribution in [3.05, 3.63) is 0 Å². The third-order valence-electron chi connectivity index (χ3n) is 3.09. The van der Waals surface area contributed by atoms with Gasteiger partial charge in [0.05, 0.1) is 12.5 Å². The van der Waals surface area contributed by atoms with Crippen LogP contribution in [0.3, 0.4) is 0 Å². The van der Waals surface area contributed by atoms with Crippen LogP contribution in [0.15, 0.2) is 0 Å². The first kappa shape index (κ1) is 24.0. The standard InChI is InChI=1S/C13H22N4O7S2/c1-5(10(20)16-7(13(23)24)2-9(18)19)15-12(22)8(4-26)17-11(21)6(14)3-25/h5-8,25-26H,2-4,14H2,1H3,(H,15,22)(H,16,20)(H,17,21)(H,18,19)(H,23,24). The average Bonchev–Trinajstić information content (AvgIpc) is 2.56. The molecule has 3 amide bonds. The van der Waals surface area contributed by atoms with Gasteiger partial charge in [-0.15, -0.1) is 0 Å². The molecule has 0 fully saturated rings. The van der Waals surface area contributed by atoms with Gasteiger partial charge in [-0.3, -0.25) is 19.2 Å². The molecule has 0 aromatic heterocycles. The number of thiol groups is 2. The lowest BCUT2D eigenvalue weighted by Gasteiger charge is -2.22. The third-order valence-corrected chi connectivity index (χ3v) is 3.85. The van der Waals surface area contributed by atoms with Gasteiger partial charge in [-0.2, -0.15) is 25.3 Å². The van der Waals surface area contributed by atoms with E-state index >= 15 is 0 Å². The monoisotopic (exact) mass is 410 g/mol. The SMILES string of the molecule is CC(NC(=O)C(CS)NC(=O)C(N)CS)C(=O)NC(CC(=O)O)C(=O)O. The molecule has 0 aliphatic rings. The maximum atomic E-state index is 12.1. The zero-order valence-electron chi connectivity index (χ0n) is 13.8. The second kappa shape index (κ2) is 11.6. The van der Waals surface area contributed by atoms with E-state index in [0.29, 0.717) is 0 Å². The molecule has 0 aromatic rings. The van der Waals surface area contributed by atoms with E-state index < -0.39 is 60.2 Å². The summed E-state index contributed by atoms with van der Waals surface area (Å²) in [6, 6.07) is -4.84. The summed E-state index contributed by atoms with van der Waals surface area (Å²) in [5, 5.41) is 24.2. The van der Waals surface area contributed by atoms with E-state index in [-0.39, 0.29) is 11.5 Å². The quantitative estimate of drug-likeness (QED) is 0.168. The second-order valence-corrected chi connectivity index (χ2v) is 5.99. The molecule has 13 heteroatoms. The highest BCUT2D eigenvalue weighted by Crippen LogP contribution is 1.97. The van der Waals surface area contributed by atoms with Crippen LogP contribution in [0.5, 0.6) is 0 Å².